The van der Waals surface area contributed by atoms with E-state index < -0.39 is 5.91 Å². The fraction of sp³-hybridized carbons (Fsp3) is 0.154. The first-order valence-electron chi connectivity index (χ1n) is 5.43. The minimum absolute atomic E-state index is 0.0692. The number of nitrogens with one attached hydrogen (secondary N) is 1. The van der Waals surface area contributed by atoms with Crippen molar-refractivity contribution >= 4 is 32.6 Å². The van der Waals surface area contributed by atoms with Crippen LogP contribution in [-0.2, 0) is 0 Å². The monoisotopic (exact) mass is 309 g/mol. The van der Waals surface area contributed by atoms with Gasteiger partial charge in [0, 0.05) is 11.0 Å². The molecule has 0 atom stereocenters. The highest BCUT2D eigenvalue weighted by Crippen LogP contribution is 2.27. The summed E-state index contributed by atoms with van der Waals surface area (Å²) in [5.41, 5.74) is 0.203. The van der Waals surface area contributed by atoms with E-state index in [4.69, 9.17) is 5.11 Å². The Morgan fingerprint density at radius 1 is 1.22 bits per heavy atom. The number of halogens is 1. The van der Waals surface area contributed by atoms with Crippen molar-refractivity contribution in [3.63, 3.8) is 0 Å². The van der Waals surface area contributed by atoms with E-state index >= 15 is 0 Å². The fourth-order valence-corrected chi connectivity index (χ4v) is 2.08. The molecule has 0 unspecified atom stereocenters. The lowest BCUT2D eigenvalue weighted by molar-refractivity contribution is 0.0942. The number of carbonyl (C=O) groups excluding carboxylic acids is 1. The van der Waals surface area contributed by atoms with Crippen LogP contribution in [0.2, 0.25) is 0 Å². The molecule has 0 aliphatic heterocycles. The van der Waals surface area contributed by atoms with Crippen LogP contribution in [0.15, 0.2) is 34.8 Å². The van der Waals surface area contributed by atoms with E-state index in [1.807, 2.05) is 18.2 Å². The molecule has 2 aromatic rings. The maximum Gasteiger partial charge on any atom is 0.255 e. The van der Waals surface area contributed by atoms with Gasteiger partial charge in [0.2, 0.25) is 0 Å². The Labute approximate surface area is 112 Å². The number of benzene rings is 2. The van der Waals surface area contributed by atoms with Crippen LogP contribution in [0.1, 0.15) is 10.4 Å². The van der Waals surface area contributed by atoms with E-state index in [0.717, 1.165) is 15.2 Å². The van der Waals surface area contributed by atoms with Crippen molar-refractivity contribution in [3.05, 3.63) is 40.4 Å². The first kappa shape index (κ1) is 12.9. The van der Waals surface area contributed by atoms with Crippen molar-refractivity contribution < 1.29 is 15.0 Å². The van der Waals surface area contributed by atoms with Crippen LogP contribution < -0.4 is 5.32 Å². The highest BCUT2D eigenvalue weighted by atomic mass is 79.9. The van der Waals surface area contributed by atoms with Gasteiger partial charge >= 0.3 is 0 Å². The van der Waals surface area contributed by atoms with Crippen molar-refractivity contribution in [3.8, 4) is 5.75 Å². The van der Waals surface area contributed by atoms with E-state index in [1.165, 1.54) is 0 Å². The van der Waals surface area contributed by atoms with Crippen molar-refractivity contribution in [2.24, 2.45) is 0 Å². The van der Waals surface area contributed by atoms with Gasteiger partial charge < -0.3 is 15.5 Å². The molecule has 0 saturated heterocycles. The summed E-state index contributed by atoms with van der Waals surface area (Å²) in [5, 5.41) is 22.7. The van der Waals surface area contributed by atoms with E-state index in [0.29, 0.717) is 0 Å². The lowest BCUT2D eigenvalue weighted by atomic mass is 10.1. The molecule has 0 saturated carbocycles. The Morgan fingerprint density at radius 2 is 2.00 bits per heavy atom. The largest absolute Gasteiger partial charge is 0.507 e. The minimum Gasteiger partial charge on any atom is -0.507 e. The zero-order chi connectivity index (χ0) is 13.1. The van der Waals surface area contributed by atoms with Gasteiger partial charge in [-0.3, -0.25) is 4.79 Å². The summed E-state index contributed by atoms with van der Waals surface area (Å²) in [6.45, 7) is 0.0282. The fourth-order valence-electron chi connectivity index (χ4n) is 1.70. The molecule has 2 rings (SSSR count). The number of hydrogen-bond acceptors (Lipinski definition) is 3. The zero-order valence-electron chi connectivity index (χ0n) is 9.48. The molecular formula is C13H12BrNO3. The SMILES string of the molecule is O=C(NCCO)c1cc2cc(Br)ccc2cc1O. The normalized spacial score (nSPS) is 10.6. The van der Waals surface area contributed by atoms with Gasteiger partial charge in [-0.05, 0) is 35.0 Å². The van der Waals surface area contributed by atoms with Gasteiger partial charge in [0.25, 0.3) is 5.91 Å². The predicted octanol–water partition coefficient (Wildman–Crippen LogP) is 2.03. The molecule has 0 heterocycles. The molecule has 4 nitrogen and oxygen atoms in total. The van der Waals surface area contributed by atoms with Gasteiger partial charge in [0.05, 0.1) is 12.2 Å². The highest BCUT2D eigenvalue weighted by Gasteiger charge is 2.11. The molecule has 0 bridgehead atoms. The molecule has 0 aliphatic carbocycles. The third kappa shape index (κ3) is 2.63. The first-order chi connectivity index (χ1) is 8.61. The summed E-state index contributed by atoms with van der Waals surface area (Å²) in [5.74, 6) is -0.469. The number of hydrogen-bond donors (Lipinski definition) is 3. The molecule has 2 aromatic carbocycles. The third-order valence-corrected chi connectivity index (χ3v) is 3.05. The summed E-state index contributed by atoms with van der Waals surface area (Å²) in [7, 11) is 0. The van der Waals surface area contributed by atoms with Gasteiger partial charge in [-0.25, -0.2) is 0 Å². The Morgan fingerprint density at radius 3 is 2.72 bits per heavy atom. The van der Waals surface area contributed by atoms with Crippen LogP contribution in [-0.4, -0.2) is 29.3 Å². The summed E-state index contributed by atoms with van der Waals surface area (Å²) in [4.78, 5) is 11.8. The molecule has 5 heteroatoms. The van der Waals surface area contributed by atoms with Gasteiger partial charge in [0.1, 0.15) is 5.75 Å². The Kier molecular flexibility index (Phi) is 3.84. The topological polar surface area (TPSA) is 69.6 Å². The lowest BCUT2D eigenvalue weighted by Gasteiger charge is -2.07. The molecule has 1 amide bonds. The first-order valence-corrected chi connectivity index (χ1v) is 6.22. The van der Waals surface area contributed by atoms with Crippen LogP contribution in [0.5, 0.6) is 5.75 Å². The number of amides is 1. The number of carbonyl (C=O) groups is 1. The molecule has 94 valence electrons. The smallest absolute Gasteiger partial charge is 0.255 e. The van der Waals surface area contributed by atoms with Crippen LogP contribution in [0.3, 0.4) is 0 Å². The number of fused-ring (bicyclic) bond motifs is 1. The Balaban J connectivity index is 2.44. The third-order valence-electron chi connectivity index (χ3n) is 2.56. The van der Waals surface area contributed by atoms with Gasteiger partial charge in [-0.15, -0.1) is 0 Å². The number of aliphatic hydroxyl groups is 1. The summed E-state index contributed by atoms with van der Waals surface area (Å²) < 4.78 is 0.905. The van der Waals surface area contributed by atoms with Crippen molar-refractivity contribution in [1.29, 1.82) is 0 Å². The van der Waals surface area contributed by atoms with Gasteiger partial charge in [0.15, 0.2) is 0 Å². The summed E-state index contributed by atoms with van der Waals surface area (Å²) in [6, 6.07) is 8.77. The van der Waals surface area contributed by atoms with Gasteiger partial charge in [-0.1, -0.05) is 22.0 Å². The van der Waals surface area contributed by atoms with Crippen molar-refractivity contribution in [2.75, 3.05) is 13.2 Å². The van der Waals surface area contributed by atoms with E-state index in [9.17, 15) is 9.90 Å². The maximum absolute atomic E-state index is 11.8. The molecule has 0 aromatic heterocycles. The standard InChI is InChI=1S/C13H12BrNO3/c14-10-2-1-8-7-12(17)11(6-9(8)5-10)13(18)15-3-4-16/h1-2,5-7,16-17H,3-4H2,(H,15,18). The molecule has 0 aliphatic rings. The molecular weight excluding hydrogens is 298 g/mol. The highest BCUT2D eigenvalue weighted by molar-refractivity contribution is 9.10. The van der Waals surface area contributed by atoms with Gasteiger partial charge in [-0.2, -0.15) is 0 Å². The average Bonchev–Trinajstić information content (AvgIpc) is 2.35. The number of aromatic hydroxyl groups is 1. The molecule has 0 spiro atoms. The van der Waals surface area contributed by atoms with E-state index in [2.05, 4.69) is 21.2 Å². The predicted molar refractivity (Wildman–Crippen MR) is 72.7 cm³/mol. The molecule has 0 fully saturated rings. The maximum atomic E-state index is 11.8. The van der Waals surface area contributed by atoms with E-state index in [-0.39, 0.29) is 24.5 Å². The van der Waals surface area contributed by atoms with Crippen LogP contribution in [0.25, 0.3) is 10.8 Å². The second-order valence-electron chi connectivity index (χ2n) is 3.84. The van der Waals surface area contributed by atoms with Crippen LogP contribution in [0.4, 0.5) is 0 Å². The second kappa shape index (κ2) is 5.37. The molecule has 0 radical (unpaired) electrons. The summed E-state index contributed by atoms with van der Waals surface area (Å²) >= 11 is 3.36. The Bertz CT molecular complexity index is 598. The van der Waals surface area contributed by atoms with Crippen molar-refractivity contribution in [2.45, 2.75) is 0 Å². The van der Waals surface area contributed by atoms with Crippen LogP contribution in [0, 0.1) is 0 Å². The van der Waals surface area contributed by atoms with Crippen LogP contribution >= 0.6 is 15.9 Å². The number of rotatable bonds is 3. The lowest BCUT2D eigenvalue weighted by Crippen LogP contribution is -2.26. The molecule has 3 N–H and O–H groups in total. The number of phenols is 1. The average molecular weight is 310 g/mol. The zero-order valence-corrected chi connectivity index (χ0v) is 11.1. The number of phenolic OH excluding ortho intramolecular Hbond substituents is 1. The summed E-state index contributed by atoms with van der Waals surface area (Å²) in [6.07, 6.45) is 0. The van der Waals surface area contributed by atoms with E-state index in [1.54, 1.807) is 12.1 Å². The Hall–Kier alpha value is -1.59. The quantitative estimate of drug-likeness (QED) is 0.812. The minimum atomic E-state index is -0.400. The second-order valence-corrected chi connectivity index (χ2v) is 4.76. The molecule has 18 heavy (non-hydrogen) atoms. The van der Waals surface area contributed by atoms with Crippen molar-refractivity contribution in [1.82, 2.24) is 5.32 Å². The number of aliphatic hydroxyl groups excluding tert-OH is 1.